The highest BCUT2D eigenvalue weighted by atomic mass is 16.2. The number of piperidine rings is 1. The van der Waals surface area contributed by atoms with Crippen molar-refractivity contribution in [1.82, 2.24) is 9.80 Å². The van der Waals surface area contributed by atoms with Gasteiger partial charge in [-0.25, -0.2) is 0 Å². The molecule has 0 saturated carbocycles. The van der Waals surface area contributed by atoms with Crippen LogP contribution in [-0.4, -0.2) is 48.4 Å². The Morgan fingerprint density at radius 1 is 1.29 bits per heavy atom. The molecule has 0 aromatic carbocycles. The molecule has 1 saturated heterocycles. The minimum atomic E-state index is 0.175. The zero-order valence-corrected chi connectivity index (χ0v) is 11.5. The molecule has 1 heterocycles. The molecule has 3 heteroatoms. The molecule has 0 aromatic rings. The molecule has 0 radical (unpaired) electrons. The number of hydrogen-bond acceptors (Lipinski definition) is 2. The van der Waals surface area contributed by atoms with Crippen molar-refractivity contribution in [3.05, 3.63) is 12.2 Å². The molecule has 98 valence electrons. The Hall–Kier alpha value is -0.830. The Kier molecular flexibility index (Phi) is 6.27. The predicted octanol–water partition coefficient (Wildman–Crippen LogP) is 2.14. The number of carbonyl (C=O) groups is 1. The molecule has 0 aliphatic carbocycles. The third-order valence-corrected chi connectivity index (χ3v) is 3.65. The Morgan fingerprint density at radius 2 is 1.88 bits per heavy atom. The van der Waals surface area contributed by atoms with Gasteiger partial charge in [0.05, 0.1) is 0 Å². The van der Waals surface area contributed by atoms with Crippen molar-refractivity contribution in [2.45, 2.75) is 33.6 Å². The van der Waals surface area contributed by atoms with E-state index in [-0.39, 0.29) is 5.91 Å². The van der Waals surface area contributed by atoms with E-state index in [0.29, 0.717) is 0 Å². The molecule has 0 spiro atoms. The Labute approximate surface area is 105 Å². The molecular weight excluding hydrogens is 212 g/mol. The third-order valence-electron chi connectivity index (χ3n) is 3.65. The maximum absolute atomic E-state index is 11.7. The lowest BCUT2D eigenvalue weighted by Crippen LogP contribution is -2.41. The van der Waals surface area contributed by atoms with Gasteiger partial charge in [-0.2, -0.15) is 0 Å². The molecule has 0 atom stereocenters. The summed E-state index contributed by atoms with van der Waals surface area (Å²) >= 11 is 0. The number of rotatable bonds is 5. The molecular formula is C14H26N2O. The minimum Gasteiger partial charge on any atom is -0.339 e. The zero-order chi connectivity index (χ0) is 12.7. The van der Waals surface area contributed by atoms with Crippen LogP contribution in [0.4, 0.5) is 0 Å². The smallest absolute Gasteiger partial charge is 0.246 e. The van der Waals surface area contributed by atoms with Crippen LogP contribution in [0.1, 0.15) is 33.6 Å². The quantitative estimate of drug-likeness (QED) is 0.685. The van der Waals surface area contributed by atoms with Crippen molar-refractivity contribution >= 4 is 5.91 Å². The highest BCUT2D eigenvalue weighted by Crippen LogP contribution is 2.18. The number of carbonyl (C=O) groups excluding carboxylic acids is 1. The average molecular weight is 238 g/mol. The fourth-order valence-electron chi connectivity index (χ4n) is 2.43. The fourth-order valence-corrected chi connectivity index (χ4v) is 2.43. The van der Waals surface area contributed by atoms with E-state index in [2.05, 4.69) is 18.7 Å². The standard InChI is InChI=1S/C14H26N2O/c1-4-7-14(17)16-10-8-13(9-11-16)12-15(5-2)6-3/h4,7,13H,5-6,8-12H2,1-3H3. The van der Waals surface area contributed by atoms with Crippen molar-refractivity contribution in [3.63, 3.8) is 0 Å². The van der Waals surface area contributed by atoms with Crippen LogP contribution < -0.4 is 0 Å². The van der Waals surface area contributed by atoms with E-state index in [0.717, 1.165) is 44.9 Å². The number of hydrogen-bond donors (Lipinski definition) is 0. The van der Waals surface area contributed by atoms with Crippen LogP contribution in [0, 0.1) is 5.92 Å². The van der Waals surface area contributed by atoms with Crippen molar-refractivity contribution in [2.75, 3.05) is 32.7 Å². The van der Waals surface area contributed by atoms with E-state index in [1.54, 1.807) is 6.08 Å². The monoisotopic (exact) mass is 238 g/mol. The van der Waals surface area contributed by atoms with E-state index in [1.807, 2.05) is 17.9 Å². The molecule has 1 aliphatic rings. The molecule has 1 aliphatic heterocycles. The van der Waals surface area contributed by atoms with Crippen molar-refractivity contribution in [3.8, 4) is 0 Å². The Bertz CT molecular complexity index is 251. The minimum absolute atomic E-state index is 0.175. The second kappa shape index (κ2) is 7.49. The highest BCUT2D eigenvalue weighted by molar-refractivity contribution is 5.87. The van der Waals surface area contributed by atoms with E-state index in [1.165, 1.54) is 6.54 Å². The van der Waals surface area contributed by atoms with Gasteiger partial charge in [0, 0.05) is 19.6 Å². The van der Waals surface area contributed by atoms with Crippen molar-refractivity contribution in [1.29, 1.82) is 0 Å². The van der Waals surface area contributed by atoms with Gasteiger partial charge >= 0.3 is 0 Å². The van der Waals surface area contributed by atoms with Crippen molar-refractivity contribution < 1.29 is 4.79 Å². The summed E-state index contributed by atoms with van der Waals surface area (Å²) in [6, 6.07) is 0. The molecule has 1 amide bonds. The summed E-state index contributed by atoms with van der Waals surface area (Å²) in [5.41, 5.74) is 0. The second-order valence-corrected chi connectivity index (χ2v) is 4.75. The summed E-state index contributed by atoms with van der Waals surface area (Å²) in [6.07, 6.45) is 5.80. The third kappa shape index (κ3) is 4.50. The molecule has 0 bridgehead atoms. The maximum atomic E-state index is 11.7. The van der Waals surface area contributed by atoms with Gasteiger partial charge in [0.1, 0.15) is 0 Å². The SMILES string of the molecule is CC=CC(=O)N1CCC(CN(CC)CC)CC1. The van der Waals surface area contributed by atoms with Crippen molar-refractivity contribution in [2.24, 2.45) is 5.92 Å². The van der Waals surface area contributed by atoms with Crippen LogP contribution in [-0.2, 0) is 4.79 Å². The number of likely N-dealkylation sites (tertiary alicyclic amines) is 1. The lowest BCUT2D eigenvalue weighted by Gasteiger charge is -2.34. The normalized spacial score (nSPS) is 18.2. The summed E-state index contributed by atoms with van der Waals surface area (Å²) in [5.74, 6) is 0.943. The summed E-state index contributed by atoms with van der Waals surface area (Å²) in [5, 5.41) is 0. The Morgan fingerprint density at radius 3 is 2.35 bits per heavy atom. The highest BCUT2D eigenvalue weighted by Gasteiger charge is 2.22. The van der Waals surface area contributed by atoms with Gasteiger partial charge in [0.2, 0.25) is 5.91 Å². The van der Waals surface area contributed by atoms with Gasteiger partial charge in [-0.05, 0) is 44.8 Å². The first-order valence-electron chi connectivity index (χ1n) is 6.85. The molecule has 3 nitrogen and oxygen atoms in total. The summed E-state index contributed by atoms with van der Waals surface area (Å²) in [6.45, 7) is 11.6. The lowest BCUT2D eigenvalue weighted by molar-refractivity contribution is -0.127. The van der Waals surface area contributed by atoms with Crippen LogP contribution in [0.3, 0.4) is 0 Å². The van der Waals surface area contributed by atoms with Crippen LogP contribution >= 0.6 is 0 Å². The van der Waals surface area contributed by atoms with E-state index in [4.69, 9.17) is 0 Å². The van der Waals surface area contributed by atoms with Crippen LogP contribution in [0.25, 0.3) is 0 Å². The maximum Gasteiger partial charge on any atom is 0.246 e. The first-order valence-corrected chi connectivity index (χ1v) is 6.85. The molecule has 1 rings (SSSR count). The second-order valence-electron chi connectivity index (χ2n) is 4.75. The first-order chi connectivity index (χ1) is 8.21. The van der Waals surface area contributed by atoms with Gasteiger partial charge in [-0.15, -0.1) is 0 Å². The van der Waals surface area contributed by atoms with E-state index >= 15 is 0 Å². The average Bonchev–Trinajstić information content (AvgIpc) is 2.37. The number of amides is 1. The fraction of sp³-hybridized carbons (Fsp3) is 0.786. The first kappa shape index (κ1) is 14.2. The summed E-state index contributed by atoms with van der Waals surface area (Å²) in [7, 11) is 0. The molecule has 17 heavy (non-hydrogen) atoms. The predicted molar refractivity (Wildman–Crippen MR) is 71.9 cm³/mol. The number of allylic oxidation sites excluding steroid dienone is 1. The van der Waals surface area contributed by atoms with Crippen LogP contribution in [0.5, 0.6) is 0 Å². The van der Waals surface area contributed by atoms with Crippen LogP contribution in [0.2, 0.25) is 0 Å². The molecule has 0 aromatic heterocycles. The summed E-state index contributed by atoms with van der Waals surface area (Å²) in [4.78, 5) is 16.1. The topological polar surface area (TPSA) is 23.6 Å². The van der Waals surface area contributed by atoms with Gasteiger partial charge in [0.25, 0.3) is 0 Å². The van der Waals surface area contributed by atoms with E-state index in [9.17, 15) is 4.79 Å². The van der Waals surface area contributed by atoms with Gasteiger partial charge in [-0.1, -0.05) is 19.9 Å². The van der Waals surface area contributed by atoms with Crippen LogP contribution in [0.15, 0.2) is 12.2 Å². The van der Waals surface area contributed by atoms with E-state index < -0.39 is 0 Å². The largest absolute Gasteiger partial charge is 0.339 e. The zero-order valence-electron chi connectivity index (χ0n) is 11.5. The molecule has 0 unspecified atom stereocenters. The van der Waals surface area contributed by atoms with Gasteiger partial charge in [-0.3, -0.25) is 4.79 Å². The number of nitrogens with zero attached hydrogens (tertiary/aromatic N) is 2. The van der Waals surface area contributed by atoms with Gasteiger partial charge < -0.3 is 9.80 Å². The summed E-state index contributed by atoms with van der Waals surface area (Å²) < 4.78 is 0. The Balaban J connectivity index is 2.32. The molecule has 1 fully saturated rings. The lowest BCUT2D eigenvalue weighted by atomic mass is 9.96. The molecule has 0 N–H and O–H groups in total. The van der Waals surface area contributed by atoms with Gasteiger partial charge in [0.15, 0.2) is 0 Å².